The van der Waals surface area contributed by atoms with Crippen LogP contribution in [0, 0.1) is 17.8 Å². The van der Waals surface area contributed by atoms with Crippen molar-refractivity contribution in [1.82, 2.24) is 14.9 Å². The summed E-state index contributed by atoms with van der Waals surface area (Å²) in [6, 6.07) is 4.60. The van der Waals surface area contributed by atoms with Crippen molar-refractivity contribution in [2.24, 2.45) is 24.8 Å². The lowest BCUT2D eigenvalue weighted by molar-refractivity contribution is 0.363. The van der Waals surface area contributed by atoms with Crippen molar-refractivity contribution < 1.29 is 0 Å². The fraction of sp³-hybridized carbons (Fsp3) is 0.588. The second-order valence-corrected chi connectivity index (χ2v) is 7.57. The van der Waals surface area contributed by atoms with Gasteiger partial charge in [0.05, 0.1) is 0 Å². The van der Waals surface area contributed by atoms with Gasteiger partial charge in [-0.2, -0.15) is 0 Å². The number of rotatable bonds is 7. The summed E-state index contributed by atoms with van der Waals surface area (Å²) in [7, 11) is 2.09. The number of aryl methyl sites for hydroxylation is 1. The van der Waals surface area contributed by atoms with Crippen LogP contribution in [0.1, 0.15) is 42.4 Å². The first kappa shape index (κ1) is 13.5. The van der Waals surface area contributed by atoms with Crippen LogP contribution in [0.5, 0.6) is 0 Å². The number of thiophene rings is 1. The number of nitrogens with zero attached hydrogens (tertiary/aromatic N) is 2. The second kappa shape index (κ2) is 5.58. The Balaban J connectivity index is 1.51. The van der Waals surface area contributed by atoms with Crippen LogP contribution in [-0.4, -0.2) is 16.1 Å². The molecule has 0 saturated heterocycles. The summed E-state index contributed by atoms with van der Waals surface area (Å²) >= 11 is 1.82. The van der Waals surface area contributed by atoms with E-state index < -0.39 is 0 Å². The maximum absolute atomic E-state index is 4.58. The molecule has 2 aliphatic carbocycles. The third-order valence-electron chi connectivity index (χ3n) is 4.96. The predicted octanol–water partition coefficient (Wildman–Crippen LogP) is 3.60. The molecule has 112 valence electrons. The van der Waals surface area contributed by atoms with Crippen molar-refractivity contribution in [2.45, 2.75) is 31.7 Å². The molecule has 0 amide bonds. The van der Waals surface area contributed by atoms with E-state index in [1.54, 1.807) is 0 Å². The largest absolute Gasteiger partial charge is 0.336 e. The van der Waals surface area contributed by atoms with Crippen molar-refractivity contribution in [1.29, 1.82) is 0 Å². The maximum atomic E-state index is 4.58. The topological polar surface area (TPSA) is 29.9 Å². The van der Waals surface area contributed by atoms with E-state index in [9.17, 15) is 0 Å². The average Bonchev–Trinajstić information content (AvgIpc) is 3.41. The maximum Gasteiger partial charge on any atom is 0.131 e. The van der Waals surface area contributed by atoms with Crippen molar-refractivity contribution in [3.8, 4) is 0 Å². The van der Waals surface area contributed by atoms with Gasteiger partial charge in [-0.25, -0.2) is 4.98 Å². The van der Waals surface area contributed by atoms with E-state index in [1.165, 1.54) is 30.6 Å². The van der Waals surface area contributed by atoms with Crippen LogP contribution in [0.25, 0.3) is 0 Å². The minimum atomic E-state index is 0.241. The molecule has 0 aromatic carbocycles. The van der Waals surface area contributed by atoms with Crippen LogP contribution in [0.15, 0.2) is 29.9 Å². The summed E-state index contributed by atoms with van der Waals surface area (Å²) in [5, 5.41) is 5.99. The molecule has 3 nitrogen and oxygen atoms in total. The van der Waals surface area contributed by atoms with Gasteiger partial charge in [0.1, 0.15) is 11.9 Å². The molecule has 4 heteroatoms. The van der Waals surface area contributed by atoms with Gasteiger partial charge in [0, 0.05) is 24.3 Å². The van der Waals surface area contributed by atoms with E-state index in [1.807, 2.05) is 23.7 Å². The Bertz CT molecular complexity index is 569. The first-order valence-corrected chi connectivity index (χ1v) is 8.95. The van der Waals surface area contributed by atoms with Gasteiger partial charge in [-0.1, -0.05) is 6.07 Å². The molecule has 0 bridgehead atoms. The highest BCUT2D eigenvalue weighted by Gasteiger charge is 2.41. The van der Waals surface area contributed by atoms with Gasteiger partial charge in [-0.05, 0) is 61.4 Å². The Hall–Kier alpha value is -1.13. The highest BCUT2D eigenvalue weighted by Crippen LogP contribution is 2.49. The number of nitrogens with one attached hydrogen (secondary N) is 1. The van der Waals surface area contributed by atoms with Crippen LogP contribution in [0.4, 0.5) is 0 Å². The lowest BCUT2D eigenvalue weighted by Gasteiger charge is -2.22. The zero-order valence-corrected chi connectivity index (χ0v) is 13.4. The first-order chi connectivity index (χ1) is 10.3. The van der Waals surface area contributed by atoms with E-state index in [2.05, 4.69) is 39.4 Å². The minimum Gasteiger partial charge on any atom is -0.336 e. The summed E-state index contributed by atoms with van der Waals surface area (Å²) < 4.78 is 2.14. The molecule has 0 spiro atoms. The lowest BCUT2D eigenvalue weighted by Crippen LogP contribution is -2.31. The average molecular weight is 301 g/mol. The fourth-order valence-electron chi connectivity index (χ4n) is 3.45. The lowest BCUT2D eigenvalue weighted by atomic mass is 9.97. The van der Waals surface area contributed by atoms with Crippen LogP contribution in [0.3, 0.4) is 0 Å². The van der Waals surface area contributed by atoms with Crippen molar-refractivity contribution in [3.05, 3.63) is 40.6 Å². The third kappa shape index (κ3) is 2.92. The Labute approximate surface area is 130 Å². The normalized spacial score (nSPS) is 20.1. The first-order valence-electron chi connectivity index (χ1n) is 8.07. The standard InChI is InChI=1S/C17H23N3S/c1-20-9-8-18-17(20)16(15-3-2-10-21-15)19-11-14(12-4-5-12)13-6-7-13/h2-3,8-10,12-14,16,19H,4-7,11H2,1H3. The molecule has 4 rings (SSSR count). The van der Waals surface area contributed by atoms with Gasteiger partial charge >= 0.3 is 0 Å². The molecular formula is C17H23N3S. The Morgan fingerprint density at radius 1 is 1.33 bits per heavy atom. The second-order valence-electron chi connectivity index (χ2n) is 6.59. The molecule has 1 atom stereocenters. The molecule has 2 saturated carbocycles. The van der Waals surface area contributed by atoms with Crippen molar-refractivity contribution in [2.75, 3.05) is 6.54 Å². The van der Waals surface area contributed by atoms with Gasteiger partial charge < -0.3 is 9.88 Å². The smallest absolute Gasteiger partial charge is 0.131 e. The van der Waals surface area contributed by atoms with E-state index >= 15 is 0 Å². The van der Waals surface area contributed by atoms with Crippen LogP contribution in [0.2, 0.25) is 0 Å². The van der Waals surface area contributed by atoms with Crippen LogP contribution >= 0.6 is 11.3 Å². The quantitative estimate of drug-likeness (QED) is 0.847. The molecule has 1 unspecified atom stereocenters. The van der Waals surface area contributed by atoms with E-state index in [4.69, 9.17) is 0 Å². The zero-order valence-electron chi connectivity index (χ0n) is 12.5. The van der Waals surface area contributed by atoms with Gasteiger partial charge in [-0.15, -0.1) is 11.3 Å². The summed E-state index contributed by atoms with van der Waals surface area (Å²) in [5.41, 5.74) is 0. The van der Waals surface area contributed by atoms with Crippen molar-refractivity contribution >= 4 is 11.3 Å². The Kier molecular flexibility index (Phi) is 3.59. The van der Waals surface area contributed by atoms with E-state index in [0.29, 0.717) is 0 Å². The number of hydrogen-bond acceptors (Lipinski definition) is 3. The number of hydrogen-bond donors (Lipinski definition) is 1. The highest BCUT2D eigenvalue weighted by molar-refractivity contribution is 7.10. The van der Waals surface area contributed by atoms with Gasteiger partial charge in [0.15, 0.2) is 0 Å². The molecule has 1 N–H and O–H groups in total. The van der Waals surface area contributed by atoms with E-state index in [-0.39, 0.29) is 6.04 Å². The molecule has 2 heterocycles. The summed E-state index contributed by atoms with van der Waals surface area (Å²) in [5.74, 6) is 4.02. The van der Waals surface area contributed by atoms with Gasteiger partial charge in [0.25, 0.3) is 0 Å². The molecule has 21 heavy (non-hydrogen) atoms. The fourth-order valence-corrected chi connectivity index (χ4v) is 4.25. The number of imidazole rings is 1. The van der Waals surface area contributed by atoms with Crippen molar-refractivity contribution in [3.63, 3.8) is 0 Å². The van der Waals surface area contributed by atoms with Crippen LogP contribution in [-0.2, 0) is 7.05 Å². The molecule has 2 aliphatic rings. The Morgan fingerprint density at radius 3 is 2.62 bits per heavy atom. The molecule has 2 aromatic heterocycles. The molecule has 0 radical (unpaired) electrons. The Morgan fingerprint density at radius 2 is 2.10 bits per heavy atom. The molecule has 2 aromatic rings. The highest BCUT2D eigenvalue weighted by atomic mass is 32.1. The molecule has 0 aliphatic heterocycles. The molecule has 2 fully saturated rings. The van der Waals surface area contributed by atoms with E-state index in [0.717, 1.165) is 30.1 Å². The summed E-state index contributed by atoms with van der Waals surface area (Å²) in [6.07, 6.45) is 9.75. The zero-order chi connectivity index (χ0) is 14.2. The van der Waals surface area contributed by atoms with Gasteiger partial charge in [-0.3, -0.25) is 0 Å². The minimum absolute atomic E-state index is 0.241. The summed E-state index contributed by atoms with van der Waals surface area (Å²) in [4.78, 5) is 5.95. The monoisotopic (exact) mass is 301 g/mol. The predicted molar refractivity (Wildman–Crippen MR) is 86.3 cm³/mol. The summed E-state index contributed by atoms with van der Waals surface area (Å²) in [6.45, 7) is 1.14. The van der Waals surface area contributed by atoms with Gasteiger partial charge in [0.2, 0.25) is 0 Å². The number of aromatic nitrogens is 2. The molecular weight excluding hydrogens is 278 g/mol. The third-order valence-corrected chi connectivity index (χ3v) is 5.89. The van der Waals surface area contributed by atoms with Crippen LogP contribution < -0.4 is 5.32 Å². The SMILES string of the molecule is Cn1ccnc1C(NCC(C1CC1)C1CC1)c1cccs1.